The van der Waals surface area contributed by atoms with Gasteiger partial charge in [0.05, 0.1) is 5.92 Å². The maximum atomic E-state index is 12.4. The normalized spacial score (nSPS) is 12.7. The first kappa shape index (κ1) is 19.4. The molecule has 136 valence electrons. The van der Waals surface area contributed by atoms with E-state index in [1.54, 1.807) is 24.3 Å². The van der Waals surface area contributed by atoms with E-state index < -0.39 is 23.9 Å². The van der Waals surface area contributed by atoms with Crippen molar-refractivity contribution in [1.29, 1.82) is 0 Å². The Labute approximate surface area is 153 Å². The minimum Gasteiger partial charge on any atom is -0.452 e. The first-order valence-electron chi connectivity index (χ1n) is 8.59. The molecule has 26 heavy (non-hydrogen) atoms. The van der Waals surface area contributed by atoms with Crippen LogP contribution in [0.25, 0.3) is 0 Å². The first-order valence-corrected chi connectivity index (χ1v) is 8.59. The zero-order valence-electron chi connectivity index (χ0n) is 15.2. The van der Waals surface area contributed by atoms with Gasteiger partial charge in [-0.05, 0) is 38.0 Å². The Hall–Kier alpha value is -2.95. The molecule has 2 rings (SSSR count). The van der Waals surface area contributed by atoms with E-state index in [0.717, 1.165) is 5.56 Å². The predicted molar refractivity (Wildman–Crippen MR) is 100 cm³/mol. The number of hydrogen-bond acceptors (Lipinski definition) is 4. The summed E-state index contributed by atoms with van der Waals surface area (Å²) >= 11 is 0. The van der Waals surface area contributed by atoms with Gasteiger partial charge in [-0.15, -0.1) is 0 Å². The molecule has 0 spiro atoms. The number of benzene rings is 2. The van der Waals surface area contributed by atoms with Gasteiger partial charge < -0.3 is 10.1 Å². The van der Waals surface area contributed by atoms with Gasteiger partial charge in [-0.2, -0.15) is 0 Å². The van der Waals surface area contributed by atoms with E-state index in [1.807, 2.05) is 37.3 Å². The average Bonchev–Trinajstić information content (AvgIpc) is 2.63. The lowest BCUT2D eigenvalue weighted by molar-refractivity contribution is -0.154. The molecule has 2 aromatic rings. The molecule has 0 unspecified atom stereocenters. The van der Waals surface area contributed by atoms with E-state index in [4.69, 9.17) is 4.74 Å². The Balaban J connectivity index is 2.01. The van der Waals surface area contributed by atoms with Crippen molar-refractivity contribution in [2.24, 2.45) is 0 Å². The molecule has 5 heteroatoms. The summed E-state index contributed by atoms with van der Waals surface area (Å²) in [4.78, 5) is 36.2. The predicted octanol–water partition coefficient (Wildman–Crippen LogP) is 3.95. The fourth-order valence-corrected chi connectivity index (χ4v) is 2.59. The van der Waals surface area contributed by atoms with Gasteiger partial charge in [-0.25, -0.2) is 0 Å². The summed E-state index contributed by atoms with van der Waals surface area (Å²) in [5.74, 6) is -1.37. The summed E-state index contributed by atoms with van der Waals surface area (Å²) in [6, 6.07) is 16.0. The minimum atomic E-state index is -0.943. The SMILES string of the molecule is CC[C@H](C(=O)O[C@@H](C)C(=O)Nc1cccc(C(C)=O)c1)c1ccccc1. The topological polar surface area (TPSA) is 72.5 Å². The fourth-order valence-electron chi connectivity index (χ4n) is 2.59. The van der Waals surface area contributed by atoms with Crippen molar-refractivity contribution in [3.8, 4) is 0 Å². The largest absolute Gasteiger partial charge is 0.452 e. The second-order valence-electron chi connectivity index (χ2n) is 6.08. The second-order valence-corrected chi connectivity index (χ2v) is 6.08. The maximum Gasteiger partial charge on any atom is 0.314 e. The van der Waals surface area contributed by atoms with E-state index in [1.165, 1.54) is 13.8 Å². The number of amides is 1. The molecule has 0 aliphatic heterocycles. The lowest BCUT2D eigenvalue weighted by atomic mass is 9.97. The zero-order valence-corrected chi connectivity index (χ0v) is 15.2. The number of anilines is 1. The van der Waals surface area contributed by atoms with Crippen molar-refractivity contribution in [1.82, 2.24) is 0 Å². The number of nitrogens with one attached hydrogen (secondary N) is 1. The third kappa shape index (κ3) is 5.02. The Bertz CT molecular complexity index is 786. The molecular formula is C21H23NO4. The molecule has 5 nitrogen and oxygen atoms in total. The van der Waals surface area contributed by atoms with Gasteiger partial charge in [-0.1, -0.05) is 49.4 Å². The average molecular weight is 353 g/mol. The third-order valence-corrected chi connectivity index (χ3v) is 4.09. The number of carbonyl (C=O) groups excluding carboxylic acids is 3. The number of ether oxygens (including phenoxy) is 1. The number of Topliss-reactive ketones (excluding diaryl/α,β-unsaturated/α-hetero) is 1. The standard InChI is InChI=1S/C21H23NO4/c1-4-19(16-9-6-5-7-10-16)21(25)26-15(3)20(24)22-18-12-8-11-17(13-18)14(2)23/h5-13,15,19H,4H2,1-3H3,(H,22,24)/t15-,19-/m0/s1. The molecular weight excluding hydrogens is 330 g/mol. The van der Waals surface area contributed by atoms with Crippen molar-refractivity contribution in [3.63, 3.8) is 0 Å². The van der Waals surface area contributed by atoms with Crippen molar-refractivity contribution in [2.75, 3.05) is 5.32 Å². The molecule has 2 aromatic carbocycles. The van der Waals surface area contributed by atoms with E-state index in [2.05, 4.69) is 5.32 Å². The quantitative estimate of drug-likeness (QED) is 0.604. The highest BCUT2D eigenvalue weighted by Crippen LogP contribution is 2.21. The van der Waals surface area contributed by atoms with Crippen molar-refractivity contribution in [2.45, 2.75) is 39.2 Å². The third-order valence-electron chi connectivity index (χ3n) is 4.09. The number of esters is 1. The van der Waals surface area contributed by atoms with Gasteiger partial charge >= 0.3 is 5.97 Å². The molecule has 0 aromatic heterocycles. The molecule has 1 N–H and O–H groups in total. The fraction of sp³-hybridized carbons (Fsp3) is 0.286. The summed E-state index contributed by atoms with van der Waals surface area (Å²) in [6.07, 6.45) is -0.362. The van der Waals surface area contributed by atoms with E-state index >= 15 is 0 Å². The molecule has 0 saturated heterocycles. The Morgan fingerprint density at radius 1 is 1.04 bits per heavy atom. The van der Waals surface area contributed by atoms with E-state index in [0.29, 0.717) is 17.7 Å². The van der Waals surface area contributed by atoms with Crippen LogP contribution in [-0.2, 0) is 14.3 Å². The zero-order chi connectivity index (χ0) is 19.1. The van der Waals surface area contributed by atoms with Gasteiger partial charge in [0, 0.05) is 11.3 Å². The summed E-state index contributed by atoms with van der Waals surface area (Å²) in [5.41, 5.74) is 1.85. The van der Waals surface area contributed by atoms with E-state index in [9.17, 15) is 14.4 Å². The van der Waals surface area contributed by atoms with Gasteiger partial charge in [0.15, 0.2) is 11.9 Å². The van der Waals surface area contributed by atoms with Crippen molar-refractivity contribution in [3.05, 3.63) is 65.7 Å². The molecule has 0 heterocycles. The van der Waals surface area contributed by atoms with Gasteiger partial charge in [0.2, 0.25) is 0 Å². The number of carbonyl (C=O) groups is 3. The van der Waals surface area contributed by atoms with Crippen LogP contribution in [-0.4, -0.2) is 23.8 Å². The smallest absolute Gasteiger partial charge is 0.314 e. The number of hydrogen-bond donors (Lipinski definition) is 1. The van der Waals surface area contributed by atoms with Crippen LogP contribution < -0.4 is 5.32 Å². The summed E-state index contributed by atoms with van der Waals surface area (Å²) < 4.78 is 5.35. The number of rotatable bonds is 7. The lowest BCUT2D eigenvalue weighted by Crippen LogP contribution is -2.31. The van der Waals surface area contributed by atoms with E-state index in [-0.39, 0.29) is 5.78 Å². The molecule has 0 aliphatic rings. The molecule has 0 aliphatic carbocycles. The van der Waals surface area contributed by atoms with Crippen LogP contribution in [0.5, 0.6) is 0 Å². The summed E-state index contributed by atoms with van der Waals surface area (Å²) in [6.45, 7) is 4.89. The van der Waals surface area contributed by atoms with Gasteiger partial charge in [0.25, 0.3) is 5.91 Å². The van der Waals surface area contributed by atoms with Crippen LogP contribution in [0.15, 0.2) is 54.6 Å². The highest BCUT2D eigenvalue weighted by Gasteiger charge is 2.25. The second kappa shape index (κ2) is 8.94. The summed E-state index contributed by atoms with van der Waals surface area (Å²) in [7, 11) is 0. The van der Waals surface area contributed by atoms with Gasteiger partial charge in [0.1, 0.15) is 0 Å². The van der Waals surface area contributed by atoms with Crippen LogP contribution in [0.1, 0.15) is 49.0 Å². The molecule has 0 radical (unpaired) electrons. The van der Waals surface area contributed by atoms with Crippen molar-refractivity contribution >= 4 is 23.3 Å². The van der Waals surface area contributed by atoms with Crippen LogP contribution in [0.3, 0.4) is 0 Å². The molecule has 1 amide bonds. The van der Waals surface area contributed by atoms with Crippen LogP contribution in [0.4, 0.5) is 5.69 Å². The lowest BCUT2D eigenvalue weighted by Gasteiger charge is -2.18. The monoisotopic (exact) mass is 353 g/mol. The Morgan fingerprint density at radius 3 is 2.35 bits per heavy atom. The Kier molecular flexibility index (Phi) is 6.67. The molecule has 0 bridgehead atoms. The van der Waals surface area contributed by atoms with Crippen LogP contribution in [0, 0.1) is 0 Å². The maximum absolute atomic E-state index is 12.4. The Morgan fingerprint density at radius 2 is 1.73 bits per heavy atom. The van der Waals surface area contributed by atoms with Crippen molar-refractivity contribution < 1.29 is 19.1 Å². The van der Waals surface area contributed by atoms with Crippen LogP contribution in [0.2, 0.25) is 0 Å². The highest BCUT2D eigenvalue weighted by molar-refractivity contribution is 5.98. The molecule has 0 saturated carbocycles. The first-order chi connectivity index (χ1) is 12.4. The van der Waals surface area contributed by atoms with Crippen LogP contribution >= 0.6 is 0 Å². The molecule has 2 atom stereocenters. The van der Waals surface area contributed by atoms with Gasteiger partial charge in [-0.3, -0.25) is 14.4 Å². The number of ketones is 1. The summed E-state index contributed by atoms with van der Waals surface area (Å²) in [5, 5.41) is 2.67. The minimum absolute atomic E-state index is 0.0887. The highest BCUT2D eigenvalue weighted by atomic mass is 16.5. The molecule has 0 fully saturated rings.